The first kappa shape index (κ1) is 27.4. The van der Waals surface area contributed by atoms with Crippen molar-refractivity contribution in [3.8, 4) is 11.6 Å². The summed E-state index contributed by atoms with van der Waals surface area (Å²) >= 11 is 0. The van der Waals surface area contributed by atoms with Crippen LogP contribution < -0.4 is 4.90 Å². The fourth-order valence-electron chi connectivity index (χ4n) is 3.20. The maximum atomic E-state index is 12.9. The molecule has 0 saturated heterocycles. The summed E-state index contributed by atoms with van der Waals surface area (Å²) in [7, 11) is 0. The van der Waals surface area contributed by atoms with E-state index in [1.807, 2.05) is 20.8 Å². The van der Waals surface area contributed by atoms with Crippen molar-refractivity contribution < 1.29 is 47.4 Å². The van der Waals surface area contributed by atoms with Gasteiger partial charge in [0.05, 0.1) is 23.0 Å². The average molecular weight is 688 g/mol. The molecule has 0 bridgehead atoms. The number of aromatic nitrogens is 6. The first-order valence-electron chi connectivity index (χ1n) is 10.1. The van der Waals surface area contributed by atoms with Gasteiger partial charge in [-0.1, -0.05) is 36.7 Å². The van der Waals surface area contributed by atoms with Gasteiger partial charge in [-0.15, -0.1) is 12.1 Å². The van der Waals surface area contributed by atoms with Crippen LogP contribution in [0.25, 0.3) is 11.6 Å². The van der Waals surface area contributed by atoms with Gasteiger partial charge in [0, 0.05) is 5.54 Å². The normalized spacial score (nSPS) is 12.4. The molecule has 7 nitrogen and oxygen atoms in total. The molecule has 0 saturated carbocycles. The van der Waals surface area contributed by atoms with Gasteiger partial charge in [-0.2, -0.15) is 26.3 Å². The zero-order valence-corrected chi connectivity index (χ0v) is 21.1. The quantitative estimate of drug-likeness (QED) is 0.212. The van der Waals surface area contributed by atoms with Crippen molar-refractivity contribution in [2.45, 2.75) is 38.7 Å². The molecule has 4 heterocycles. The standard InChI is InChI=1S/C22H17F6N7.Pt/c1-20(2,3)35(18-8-4-6-16(29-18)33-12-10-14(31-33)21(23,24)25)19-9-5-7-17(30-19)34-13-11-15(32-34)22(26,27)28;/h4-11H,1-3H3;/q-2;+2. The summed E-state index contributed by atoms with van der Waals surface area (Å²) in [5, 5.41) is 6.99. The summed E-state index contributed by atoms with van der Waals surface area (Å²) in [6.45, 7) is 5.54. The third-order valence-electron chi connectivity index (χ3n) is 4.65. The van der Waals surface area contributed by atoms with E-state index >= 15 is 0 Å². The summed E-state index contributed by atoms with van der Waals surface area (Å²) < 4.78 is 79.4. The van der Waals surface area contributed by atoms with E-state index in [1.54, 1.807) is 29.2 Å². The van der Waals surface area contributed by atoms with E-state index in [1.165, 1.54) is 12.1 Å². The smallest absolute Gasteiger partial charge is 0.343 e. The molecule has 0 fully saturated rings. The maximum absolute atomic E-state index is 12.9. The molecule has 0 aliphatic rings. The Morgan fingerprint density at radius 1 is 0.694 bits per heavy atom. The van der Waals surface area contributed by atoms with Gasteiger partial charge in [-0.25, -0.2) is 0 Å². The summed E-state index contributed by atoms with van der Waals surface area (Å²) in [6.07, 6.45) is -4.46. The molecule has 4 rings (SSSR count). The van der Waals surface area contributed by atoms with Crippen molar-refractivity contribution in [3.63, 3.8) is 0 Å². The van der Waals surface area contributed by atoms with Crippen molar-refractivity contribution in [2.75, 3.05) is 4.90 Å². The number of rotatable bonds is 4. The summed E-state index contributed by atoms with van der Waals surface area (Å²) in [4.78, 5) is 10.5. The Labute approximate surface area is 216 Å². The van der Waals surface area contributed by atoms with Crippen molar-refractivity contribution in [3.05, 3.63) is 72.3 Å². The molecule has 4 aromatic heterocycles. The van der Waals surface area contributed by atoms with Crippen LogP contribution in [0, 0.1) is 12.4 Å². The number of hydrogen-bond donors (Lipinski definition) is 0. The zero-order chi connectivity index (χ0) is 25.6. The number of alkyl halides is 6. The monoisotopic (exact) mass is 688 g/mol. The van der Waals surface area contributed by atoms with Crippen molar-refractivity contribution in [1.29, 1.82) is 0 Å². The average Bonchev–Trinajstić information content (AvgIpc) is 3.43. The molecular weight excluding hydrogens is 671 g/mol. The van der Waals surface area contributed by atoms with E-state index in [-0.39, 0.29) is 32.7 Å². The SMILES string of the molecule is CC(C)(C)N(c1cccc(-n2[c-]cc(C(F)(F)F)n2)n1)c1cccc(-n2[c-]cc(C(F)(F)F)n2)n1.[Pt+2]. The van der Waals surface area contributed by atoms with Gasteiger partial charge < -0.3 is 14.3 Å². The van der Waals surface area contributed by atoms with Gasteiger partial charge in [-0.05, 0) is 32.9 Å². The third-order valence-corrected chi connectivity index (χ3v) is 4.65. The van der Waals surface area contributed by atoms with Gasteiger partial charge >= 0.3 is 33.4 Å². The molecule has 0 amide bonds. The number of nitrogens with zero attached hydrogens (tertiary/aromatic N) is 7. The predicted octanol–water partition coefficient (Wildman–Crippen LogP) is 5.42. The van der Waals surface area contributed by atoms with Crippen molar-refractivity contribution in [1.82, 2.24) is 29.5 Å². The molecule has 0 radical (unpaired) electrons. The fraction of sp³-hybridized carbons (Fsp3) is 0.273. The minimum Gasteiger partial charge on any atom is -0.343 e. The van der Waals surface area contributed by atoms with E-state index in [2.05, 4.69) is 32.6 Å². The molecule has 4 aromatic rings. The molecule has 0 N–H and O–H groups in total. The van der Waals surface area contributed by atoms with E-state index in [0.29, 0.717) is 11.6 Å². The van der Waals surface area contributed by atoms with E-state index in [0.717, 1.165) is 21.5 Å². The Morgan fingerprint density at radius 2 is 1.08 bits per heavy atom. The van der Waals surface area contributed by atoms with Crippen LogP contribution in [0.3, 0.4) is 0 Å². The topological polar surface area (TPSA) is 64.7 Å². The Hall–Kier alpha value is -3.21. The van der Waals surface area contributed by atoms with Gasteiger partial charge in [-0.3, -0.25) is 20.2 Å². The predicted molar refractivity (Wildman–Crippen MR) is 112 cm³/mol. The summed E-state index contributed by atoms with van der Waals surface area (Å²) in [5.41, 5.74) is -2.87. The van der Waals surface area contributed by atoms with Crippen LogP contribution in [0.15, 0.2) is 48.5 Å². The number of anilines is 2. The van der Waals surface area contributed by atoms with Crippen LogP contribution in [0.1, 0.15) is 32.2 Å². The summed E-state index contributed by atoms with van der Waals surface area (Å²) in [5.74, 6) is 0.798. The second kappa shape index (κ2) is 9.68. The largest absolute Gasteiger partial charge is 2.00 e. The molecular formula is C22H17F6N7Pt. The Morgan fingerprint density at radius 3 is 1.39 bits per heavy atom. The third kappa shape index (κ3) is 5.77. The Bertz CT molecular complexity index is 1240. The first-order valence-corrected chi connectivity index (χ1v) is 10.1. The van der Waals surface area contributed by atoms with Crippen LogP contribution in [-0.2, 0) is 33.4 Å². The molecule has 36 heavy (non-hydrogen) atoms. The fourth-order valence-corrected chi connectivity index (χ4v) is 3.20. The van der Waals surface area contributed by atoms with Gasteiger partial charge in [0.15, 0.2) is 0 Å². The molecule has 0 spiro atoms. The second-order valence-corrected chi connectivity index (χ2v) is 8.35. The van der Waals surface area contributed by atoms with Crippen LogP contribution in [0.4, 0.5) is 38.0 Å². The molecule has 192 valence electrons. The van der Waals surface area contributed by atoms with Gasteiger partial charge in [0.1, 0.15) is 11.6 Å². The molecule has 0 atom stereocenters. The van der Waals surface area contributed by atoms with Gasteiger partial charge in [0.2, 0.25) is 0 Å². The molecule has 14 heteroatoms. The molecule has 0 aromatic carbocycles. The summed E-state index contributed by atoms with van der Waals surface area (Å²) in [6, 6.07) is 10.8. The Kier molecular flexibility index (Phi) is 7.36. The van der Waals surface area contributed by atoms with E-state index in [4.69, 9.17) is 0 Å². The van der Waals surface area contributed by atoms with Crippen molar-refractivity contribution in [2.24, 2.45) is 0 Å². The Balaban J connectivity index is 0.00000361. The second-order valence-electron chi connectivity index (χ2n) is 8.35. The van der Waals surface area contributed by atoms with Crippen LogP contribution >= 0.6 is 0 Å². The minimum absolute atomic E-state index is 0. The number of pyridine rings is 2. The van der Waals surface area contributed by atoms with Crippen LogP contribution in [0.5, 0.6) is 0 Å². The van der Waals surface area contributed by atoms with Crippen molar-refractivity contribution >= 4 is 11.6 Å². The van der Waals surface area contributed by atoms with E-state index in [9.17, 15) is 26.3 Å². The van der Waals surface area contributed by atoms with Crippen LogP contribution in [-0.4, -0.2) is 35.1 Å². The number of hydrogen-bond acceptors (Lipinski definition) is 5. The van der Waals surface area contributed by atoms with E-state index < -0.39 is 29.3 Å². The first-order chi connectivity index (χ1) is 16.2. The minimum atomic E-state index is -4.63. The maximum Gasteiger partial charge on any atom is 2.00 e. The number of halogens is 6. The van der Waals surface area contributed by atoms with Gasteiger partial charge in [0.25, 0.3) is 0 Å². The molecule has 0 unspecified atom stereocenters. The van der Waals surface area contributed by atoms with Crippen LogP contribution in [0.2, 0.25) is 0 Å². The molecule has 0 aliphatic heterocycles. The zero-order valence-electron chi connectivity index (χ0n) is 18.8. The molecule has 0 aliphatic carbocycles.